The van der Waals surface area contributed by atoms with Gasteiger partial charge in [-0.1, -0.05) is 45.8 Å². The summed E-state index contributed by atoms with van der Waals surface area (Å²) in [4.78, 5) is 11.4. The molecule has 0 bridgehead atoms. The maximum Gasteiger partial charge on any atom is 0.302 e. The summed E-state index contributed by atoms with van der Waals surface area (Å²) in [6, 6.07) is 0. The first-order valence-corrected chi connectivity index (χ1v) is 7.16. The molecule has 0 radical (unpaired) electrons. The van der Waals surface area contributed by atoms with Gasteiger partial charge in [0.1, 0.15) is 6.10 Å². The van der Waals surface area contributed by atoms with Crippen LogP contribution in [0.15, 0.2) is 11.6 Å². The molecule has 0 aromatic heterocycles. The van der Waals surface area contributed by atoms with Gasteiger partial charge in [0.2, 0.25) is 0 Å². The predicted octanol–water partition coefficient (Wildman–Crippen LogP) is 4.10. The van der Waals surface area contributed by atoms with Gasteiger partial charge in [-0.25, -0.2) is 0 Å². The highest BCUT2D eigenvalue weighted by atomic mass is 16.5. The lowest BCUT2D eigenvalue weighted by atomic mass is 9.54. The highest BCUT2D eigenvalue weighted by Gasteiger charge is 2.51. The second-order valence-corrected chi connectivity index (χ2v) is 7.02. The Balaban J connectivity index is 2.39. The minimum Gasteiger partial charge on any atom is -0.461 e. The van der Waals surface area contributed by atoms with Crippen molar-refractivity contribution in [3.05, 3.63) is 11.6 Å². The first kappa shape index (κ1) is 13.6. The van der Waals surface area contributed by atoms with Crippen molar-refractivity contribution in [2.45, 2.75) is 66.4 Å². The minimum atomic E-state index is -0.141. The van der Waals surface area contributed by atoms with Crippen LogP contribution in [0.2, 0.25) is 0 Å². The molecule has 2 heteroatoms. The SMILES string of the molecule is CC(=O)OC1C(C)CC=C2C(C)(C)CCCC21C. The molecule has 2 rings (SSSR count). The average Bonchev–Trinajstić information content (AvgIpc) is 2.22. The van der Waals surface area contributed by atoms with Crippen molar-refractivity contribution < 1.29 is 9.53 Å². The van der Waals surface area contributed by atoms with Crippen molar-refractivity contribution in [3.63, 3.8) is 0 Å². The van der Waals surface area contributed by atoms with Crippen molar-refractivity contribution in [3.8, 4) is 0 Å². The summed E-state index contributed by atoms with van der Waals surface area (Å²) in [5.74, 6) is 0.286. The minimum absolute atomic E-state index is 0.0467. The maximum atomic E-state index is 11.4. The van der Waals surface area contributed by atoms with E-state index in [1.165, 1.54) is 25.3 Å². The summed E-state index contributed by atoms with van der Waals surface area (Å²) < 4.78 is 5.69. The molecule has 1 fully saturated rings. The van der Waals surface area contributed by atoms with Crippen LogP contribution in [0.5, 0.6) is 0 Å². The summed E-state index contributed by atoms with van der Waals surface area (Å²) in [6.07, 6.45) is 7.12. The van der Waals surface area contributed by atoms with Gasteiger partial charge in [0.05, 0.1) is 0 Å². The molecular weight excluding hydrogens is 224 g/mol. The third-order valence-corrected chi connectivity index (χ3v) is 4.97. The Morgan fingerprint density at radius 2 is 2.00 bits per heavy atom. The predicted molar refractivity (Wildman–Crippen MR) is 73.2 cm³/mol. The summed E-state index contributed by atoms with van der Waals surface area (Å²) >= 11 is 0. The highest BCUT2D eigenvalue weighted by Crippen LogP contribution is 2.56. The van der Waals surface area contributed by atoms with Crippen molar-refractivity contribution in [1.82, 2.24) is 0 Å². The molecule has 1 saturated carbocycles. The monoisotopic (exact) mass is 250 g/mol. The number of hydrogen-bond acceptors (Lipinski definition) is 2. The molecule has 0 aromatic carbocycles. The van der Waals surface area contributed by atoms with Gasteiger partial charge >= 0.3 is 5.97 Å². The molecule has 102 valence electrons. The normalized spacial score (nSPS) is 38.6. The average molecular weight is 250 g/mol. The standard InChI is InChI=1S/C16H26O2/c1-11-7-8-13-15(3,4)9-6-10-16(13,5)14(11)18-12(2)17/h8,11,14H,6-7,9-10H2,1-5H3. The van der Waals surface area contributed by atoms with Crippen LogP contribution in [-0.2, 0) is 9.53 Å². The fourth-order valence-electron chi connectivity index (χ4n) is 4.23. The first-order chi connectivity index (χ1) is 8.27. The topological polar surface area (TPSA) is 26.3 Å². The van der Waals surface area contributed by atoms with Crippen LogP contribution in [0.25, 0.3) is 0 Å². The van der Waals surface area contributed by atoms with Crippen LogP contribution in [0.3, 0.4) is 0 Å². The van der Waals surface area contributed by atoms with Gasteiger partial charge in [0.15, 0.2) is 0 Å². The molecule has 0 saturated heterocycles. The van der Waals surface area contributed by atoms with Gasteiger partial charge in [0.25, 0.3) is 0 Å². The zero-order valence-corrected chi connectivity index (χ0v) is 12.4. The van der Waals surface area contributed by atoms with Gasteiger partial charge < -0.3 is 4.74 Å². The molecule has 0 heterocycles. The molecule has 0 aliphatic heterocycles. The lowest BCUT2D eigenvalue weighted by Gasteiger charge is -2.53. The molecule has 0 spiro atoms. The van der Waals surface area contributed by atoms with E-state index in [9.17, 15) is 4.79 Å². The van der Waals surface area contributed by atoms with Gasteiger partial charge in [0, 0.05) is 12.3 Å². The van der Waals surface area contributed by atoms with E-state index in [4.69, 9.17) is 4.74 Å². The Labute approximate surface area is 111 Å². The van der Waals surface area contributed by atoms with Crippen LogP contribution in [0, 0.1) is 16.7 Å². The van der Waals surface area contributed by atoms with Gasteiger partial charge in [-0.05, 0) is 30.6 Å². The van der Waals surface area contributed by atoms with Crippen molar-refractivity contribution in [1.29, 1.82) is 0 Å². The van der Waals surface area contributed by atoms with E-state index in [2.05, 4.69) is 33.8 Å². The third-order valence-electron chi connectivity index (χ3n) is 4.97. The second-order valence-electron chi connectivity index (χ2n) is 7.02. The van der Waals surface area contributed by atoms with E-state index in [-0.39, 0.29) is 22.9 Å². The van der Waals surface area contributed by atoms with Crippen LogP contribution >= 0.6 is 0 Å². The molecule has 0 amide bonds. The van der Waals surface area contributed by atoms with Gasteiger partial charge in [-0.3, -0.25) is 4.79 Å². The fraction of sp³-hybridized carbons (Fsp3) is 0.812. The first-order valence-electron chi connectivity index (χ1n) is 7.16. The number of esters is 1. The number of carbonyl (C=O) groups is 1. The molecule has 0 N–H and O–H groups in total. The number of ether oxygens (including phenoxy) is 1. The molecule has 2 aliphatic rings. The molecular formula is C16H26O2. The zero-order chi connectivity index (χ0) is 13.6. The van der Waals surface area contributed by atoms with E-state index in [1.54, 1.807) is 0 Å². The van der Waals surface area contributed by atoms with Crippen LogP contribution in [-0.4, -0.2) is 12.1 Å². The Hall–Kier alpha value is -0.790. The van der Waals surface area contributed by atoms with Crippen molar-refractivity contribution >= 4 is 5.97 Å². The quantitative estimate of drug-likeness (QED) is 0.517. The van der Waals surface area contributed by atoms with Crippen LogP contribution in [0.1, 0.15) is 60.3 Å². The van der Waals surface area contributed by atoms with Crippen molar-refractivity contribution in [2.75, 3.05) is 0 Å². The Kier molecular flexibility index (Phi) is 3.33. The Morgan fingerprint density at radius 3 is 2.61 bits per heavy atom. The maximum absolute atomic E-state index is 11.4. The lowest BCUT2D eigenvalue weighted by molar-refractivity contribution is -0.158. The van der Waals surface area contributed by atoms with Gasteiger partial charge in [-0.2, -0.15) is 0 Å². The van der Waals surface area contributed by atoms with Crippen LogP contribution in [0.4, 0.5) is 0 Å². The van der Waals surface area contributed by atoms with E-state index >= 15 is 0 Å². The van der Waals surface area contributed by atoms with Crippen LogP contribution < -0.4 is 0 Å². The smallest absolute Gasteiger partial charge is 0.302 e. The summed E-state index contributed by atoms with van der Waals surface area (Å²) in [5, 5.41) is 0. The number of fused-ring (bicyclic) bond motifs is 1. The van der Waals surface area contributed by atoms with E-state index in [0.717, 1.165) is 12.8 Å². The summed E-state index contributed by atoms with van der Waals surface area (Å²) in [7, 11) is 0. The van der Waals surface area contributed by atoms with E-state index in [0.29, 0.717) is 5.92 Å². The summed E-state index contributed by atoms with van der Waals surface area (Å²) in [5.41, 5.74) is 1.82. The fourth-order valence-corrected chi connectivity index (χ4v) is 4.23. The summed E-state index contributed by atoms with van der Waals surface area (Å²) in [6.45, 7) is 10.7. The highest BCUT2D eigenvalue weighted by molar-refractivity contribution is 5.66. The molecule has 2 aliphatic carbocycles. The zero-order valence-electron chi connectivity index (χ0n) is 12.4. The van der Waals surface area contributed by atoms with Gasteiger partial charge in [-0.15, -0.1) is 0 Å². The molecule has 2 nitrogen and oxygen atoms in total. The Bertz CT molecular complexity index is 381. The molecule has 18 heavy (non-hydrogen) atoms. The third kappa shape index (κ3) is 2.10. The number of hydrogen-bond donors (Lipinski definition) is 0. The second kappa shape index (κ2) is 4.40. The lowest BCUT2D eigenvalue weighted by Crippen LogP contribution is -2.49. The Morgan fingerprint density at radius 1 is 1.33 bits per heavy atom. The van der Waals surface area contributed by atoms with E-state index in [1.807, 2.05) is 0 Å². The molecule has 0 aromatic rings. The molecule has 3 unspecified atom stereocenters. The van der Waals surface area contributed by atoms with E-state index < -0.39 is 0 Å². The number of carbonyl (C=O) groups excluding carboxylic acids is 1. The largest absolute Gasteiger partial charge is 0.461 e. The number of rotatable bonds is 1. The molecule has 3 atom stereocenters. The van der Waals surface area contributed by atoms with Crippen molar-refractivity contribution in [2.24, 2.45) is 16.7 Å². The number of allylic oxidation sites excluding steroid dienone is 1.